The monoisotopic (exact) mass is 681 g/mol. The van der Waals surface area contributed by atoms with Crippen molar-refractivity contribution in [3.63, 3.8) is 0 Å². The van der Waals surface area contributed by atoms with E-state index in [0.29, 0.717) is 91.6 Å². The largest absolute Gasteiger partial charge is 0.477 e. The van der Waals surface area contributed by atoms with Crippen LogP contribution in [0.2, 0.25) is 0 Å². The quantitative estimate of drug-likeness (QED) is 0.0645. The molecule has 0 saturated carbocycles. The van der Waals surface area contributed by atoms with Crippen molar-refractivity contribution in [2.75, 3.05) is 85.8 Å². The van der Waals surface area contributed by atoms with E-state index in [-0.39, 0.29) is 25.5 Å². The number of carboxylic acids is 1. The van der Waals surface area contributed by atoms with E-state index < -0.39 is 48.1 Å². The van der Waals surface area contributed by atoms with Crippen molar-refractivity contribution in [3.05, 3.63) is 0 Å². The third-order valence-electron chi connectivity index (χ3n) is 6.49. The zero-order valence-electron chi connectivity index (χ0n) is 27.9. The Morgan fingerprint density at radius 1 is 0.787 bits per heavy atom. The number of amides is 3. The molecule has 0 bridgehead atoms. The van der Waals surface area contributed by atoms with Gasteiger partial charge in [0.2, 0.25) is 11.8 Å². The number of carbonyl (C=O) groups excluding carboxylic acids is 3. The van der Waals surface area contributed by atoms with E-state index in [1.165, 1.54) is 0 Å². The summed E-state index contributed by atoms with van der Waals surface area (Å²) in [7, 11) is 0. The average molecular weight is 682 g/mol. The number of carboxylic acid groups (broad SMARTS) is 1. The molecule has 1 aliphatic heterocycles. The van der Waals surface area contributed by atoms with Crippen molar-refractivity contribution in [1.29, 1.82) is 0 Å². The van der Waals surface area contributed by atoms with Gasteiger partial charge < -0.3 is 64.4 Å². The second kappa shape index (κ2) is 24.5. The van der Waals surface area contributed by atoms with E-state index in [2.05, 4.69) is 16.0 Å². The molecule has 6 N–H and O–H groups in total. The summed E-state index contributed by atoms with van der Waals surface area (Å²) in [5.41, 5.74) is -0.536. The first-order valence-corrected chi connectivity index (χ1v) is 16.0. The molecule has 17 heteroatoms. The zero-order chi connectivity index (χ0) is 35.0. The molecule has 0 radical (unpaired) electrons. The Hall–Kier alpha value is -2.64. The molecule has 1 rings (SSSR count). The summed E-state index contributed by atoms with van der Waals surface area (Å²) in [5, 5.41) is 36.4. The Morgan fingerprint density at radius 3 is 1.87 bits per heavy atom. The Kier molecular flexibility index (Phi) is 22.1. The van der Waals surface area contributed by atoms with E-state index in [4.69, 9.17) is 38.3 Å². The Balaban J connectivity index is 1.91. The number of aliphatic carboxylic acids is 1. The first kappa shape index (κ1) is 42.4. The van der Waals surface area contributed by atoms with Crippen LogP contribution in [0, 0.1) is 0 Å². The molecule has 3 atom stereocenters. The molecule has 0 aromatic rings. The molecule has 0 aliphatic carbocycles. The maximum Gasteiger partial charge on any atom is 0.407 e. The molecule has 1 aliphatic rings. The number of carbonyl (C=O) groups is 4. The van der Waals surface area contributed by atoms with E-state index in [0.717, 1.165) is 6.42 Å². The van der Waals surface area contributed by atoms with Crippen molar-refractivity contribution >= 4 is 23.9 Å². The Bertz CT molecular complexity index is 904. The van der Waals surface area contributed by atoms with Gasteiger partial charge >= 0.3 is 12.1 Å². The van der Waals surface area contributed by atoms with Gasteiger partial charge in [-0.1, -0.05) is 12.8 Å². The van der Waals surface area contributed by atoms with Gasteiger partial charge in [0.15, 0.2) is 0 Å². The van der Waals surface area contributed by atoms with Crippen LogP contribution in [0.1, 0.15) is 59.3 Å². The lowest BCUT2D eigenvalue weighted by molar-refractivity contribution is -0.274. The van der Waals surface area contributed by atoms with Crippen molar-refractivity contribution < 1.29 is 67.7 Å². The number of rotatable bonds is 26. The van der Waals surface area contributed by atoms with Crippen LogP contribution in [0.25, 0.3) is 0 Å². The molecular weight excluding hydrogens is 626 g/mol. The molecule has 0 spiro atoms. The van der Waals surface area contributed by atoms with Gasteiger partial charge in [-0.2, -0.15) is 0 Å². The molecule has 17 nitrogen and oxygen atoms in total. The number of alkyl carbamates (subject to hydrolysis) is 1. The SMILES string of the molecule is CC(C)(C)OC(=O)NCCOCCOCCOCCOCCNC(=O)CCCCCCOC1(C(=O)O)CC(O)C(NC(=O)CO)CO1. The van der Waals surface area contributed by atoms with Crippen LogP contribution in [-0.2, 0) is 47.5 Å². The molecule has 274 valence electrons. The fraction of sp³-hybridized carbons (Fsp3) is 0.867. The van der Waals surface area contributed by atoms with Crippen molar-refractivity contribution in [2.45, 2.75) is 82.8 Å². The Morgan fingerprint density at radius 2 is 1.34 bits per heavy atom. The summed E-state index contributed by atoms with van der Waals surface area (Å²) in [5.74, 6) is -4.17. The number of hydrogen-bond donors (Lipinski definition) is 6. The number of ether oxygens (including phenoxy) is 7. The maximum atomic E-state index is 12.0. The van der Waals surface area contributed by atoms with Gasteiger partial charge in [-0.25, -0.2) is 9.59 Å². The van der Waals surface area contributed by atoms with E-state index >= 15 is 0 Å². The molecule has 0 aromatic heterocycles. The van der Waals surface area contributed by atoms with Crippen LogP contribution < -0.4 is 16.0 Å². The maximum absolute atomic E-state index is 12.0. The van der Waals surface area contributed by atoms with Crippen LogP contribution in [0.3, 0.4) is 0 Å². The fourth-order valence-electron chi connectivity index (χ4n) is 4.14. The molecular formula is C30H55N3O14. The van der Waals surface area contributed by atoms with Crippen molar-refractivity contribution in [3.8, 4) is 0 Å². The van der Waals surface area contributed by atoms with E-state index in [9.17, 15) is 29.4 Å². The van der Waals surface area contributed by atoms with Gasteiger partial charge in [0.05, 0.1) is 78.2 Å². The summed E-state index contributed by atoms with van der Waals surface area (Å²) in [4.78, 5) is 46.6. The predicted octanol–water partition coefficient (Wildman–Crippen LogP) is -0.300. The number of nitrogens with one attached hydrogen (secondary N) is 3. The minimum atomic E-state index is -2.01. The lowest BCUT2D eigenvalue weighted by Crippen LogP contribution is -2.60. The highest BCUT2D eigenvalue weighted by Gasteiger charge is 2.49. The van der Waals surface area contributed by atoms with Gasteiger partial charge in [0, 0.05) is 25.9 Å². The number of unbranched alkanes of at least 4 members (excludes halogenated alkanes) is 3. The van der Waals surface area contributed by atoms with Crippen LogP contribution in [0.15, 0.2) is 0 Å². The van der Waals surface area contributed by atoms with Gasteiger partial charge in [0.25, 0.3) is 5.79 Å². The van der Waals surface area contributed by atoms with E-state index in [1.807, 2.05) is 0 Å². The second-order valence-corrected chi connectivity index (χ2v) is 11.7. The third kappa shape index (κ3) is 21.1. The summed E-state index contributed by atoms with van der Waals surface area (Å²) in [6.45, 7) is 8.32. The average Bonchev–Trinajstić information content (AvgIpc) is 3.00. The van der Waals surface area contributed by atoms with Gasteiger partial charge in [-0.05, 0) is 33.6 Å². The highest BCUT2D eigenvalue weighted by molar-refractivity contribution is 5.78. The highest BCUT2D eigenvalue weighted by atomic mass is 16.7. The predicted molar refractivity (Wildman–Crippen MR) is 166 cm³/mol. The highest BCUT2D eigenvalue weighted by Crippen LogP contribution is 2.28. The molecule has 3 unspecified atom stereocenters. The lowest BCUT2D eigenvalue weighted by atomic mass is 9.98. The molecule has 47 heavy (non-hydrogen) atoms. The van der Waals surface area contributed by atoms with Crippen LogP contribution in [-0.4, -0.2) is 148 Å². The summed E-state index contributed by atoms with van der Waals surface area (Å²) < 4.78 is 37.6. The zero-order valence-corrected chi connectivity index (χ0v) is 27.9. The number of hydrogen-bond acceptors (Lipinski definition) is 13. The first-order valence-electron chi connectivity index (χ1n) is 16.0. The number of aliphatic hydroxyl groups is 2. The fourth-order valence-corrected chi connectivity index (χ4v) is 4.14. The smallest absolute Gasteiger partial charge is 0.407 e. The Labute approximate surface area is 276 Å². The lowest BCUT2D eigenvalue weighted by Gasteiger charge is -2.39. The van der Waals surface area contributed by atoms with Gasteiger partial charge in [-0.3, -0.25) is 9.59 Å². The topological polar surface area (TPSA) is 230 Å². The minimum absolute atomic E-state index is 0.0833. The normalized spacial score (nSPS) is 19.6. The van der Waals surface area contributed by atoms with Gasteiger partial charge in [0.1, 0.15) is 12.2 Å². The molecule has 1 saturated heterocycles. The van der Waals surface area contributed by atoms with Crippen LogP contribution in [0.4, 0.5) is 4.79 Å². The van der Waals surface area contributed by atoms with Gasteiger partial charge in [-0.15, -0.1) is 0 Å². The first-order chi connectivity index (χ1) is 22.4. The van der Waals surface area contributed by atoms with Crippen LogP contribution in [0.5, 0.6) is 0 Å². The molecule has 1 heterocycles. The summed E-state index contributed by atoms with van der Waals surface area (Å²) in [6.07, 6.45) is 0.929. The third-order valence-corrected chi connectivity index (χ3v) is 6.49. The van der Waals surface area contributed by atoms with E-state index in [1.54, 1.807) is 20.8 Å². The molecule has 0 aromatic carbocycles. The number of aliphatic hydroxyl groups excluding tert-OH is 2. The van der Waals surface area contributed by atoms with Crippen molar-refractivity contribution in [1.82, 2.24) is 16.0 Å². The van der Waals surface area contributed by atoms with Crippen LogP contribution >= 0.6 is 0 Å². The summed E-state index contributed by atoms with van der Waals surface area (Å²) >= 11 is 0. The van der Waals surface area contributed by atoms with Crippen molar-refractivity contribution in [2.24, 2.45) is 0 Å². The summed E-state index contributed by atoms with van der Waals surface area (Å²) in [6, 6.07) is -0.846. The second-order valence-electron chi connectivity index (χ2n) is 11.7. The minimum Gasteiger partial charge on any atom is -0.477 e. The molecule has 1 fully saturated rings. The molecule has 3 amide bonds. The standard InChI is InChI=1S/C30H55N3O14/c1-29(2,3)47-28(40)32-10-13-42-15-17-44-19-18-43-16-14-41-12-9-31-25(36)8-6-4-5-7-11-45-30(27(38)39)20-24(35)23(22-46-30)33-26(37)21-34/h23-24,34-35H,4-22H2,1-3H3,(H,31,36)(H,32,40)(H,33,37)(H,38,39).